The lowest BCUT2D eigenvalue weighted by Gasteiger charge is -2.22. The van der Waals surface area contributed by atoms with E-state index < -0.39 is 0 Å². The molecule has 0 spiro atoms. The second kappa shape index (κ2) is 4.21. The Morgan fingerprint density at radius 3 is 2.93 bits per heavy atom. The van der Waals surface area contributed by atoms with Crippen molar-refractivity contribution >= 4 is 0 Å². The lowest BCUT2D eigenvalue weighted by Crippen LogP contribution is -2.27. The van der Waals surface area contributed by atoms with E-state index in [0.717, 1.165) is 18.7 Å². The van der Waals surface area contributed by atoms with Crippen molar-refractivity contribution in [2.45, 2.75) is 25.3 Å². The van der Waals surface area contributed by atoms with Crippen molar-refractivity contribution in [1.29, 1.82) is 5.26 Å². The van der Waals surface area contributed by atoms with Crippen LogP contribution < -0.4 is 5.32 Å². The maximum absolute atomic E-state index is 8.63. The van der Waals surface area contributed by atoms with E-state index in [1.165, 1.54) is 12.8 Å². The second-order valence-corrected chi connectivity index (χ2v) is 3.59. The first-order valence-electron chi connectivity index (χ1n) is 4.99. The van der Waals surface area contributed by atoms with E-state index in [4.69, 9.17) is 5.26 Å². The molecule has 1 aliphatic heterocycles. The molecule has 2 rings (SSSR count). The Kier molecular flexibility index (Phi) is 2.76. The minimum absolute atomic E-state index is 0.386. The van der Waals surface area contributed by atoms with Crippen molar-refractivity contribution in [2.75, 3.05) is 6.54 Å². The van der Waals surface area contributed by atoms with E-state index in [1.807, 2.05) is 12.1 Å². The van der Waals surface area contributed by atoms with E-state index >= 15 is 0 Å². The highest BCUT2D eigenvalue weighted by atomic mass is 14.9. The van der Waals surface area contributed by atoms with Gasteiger partial charge in [-0.05, 0) is 31.5 Å². The highest BCUT2D eigenvalue weighted by molar-refractivity contribution is 5.27. The van der Waals surface area contributed by atoms with E-state index in [0.29, 0.717) is 11.6 Å². The Hall–Kier alpha value is -1.40. The Bertz CT molecular complexity index is 331. The van der Waals surface area contributed by atoms with Crippen molar-refractivity contribution in [1.82, 2.24) is 10.3 Å². The largest absolute Gasteiger partial charge is 0.309 e. The molecule has 0 amide bonds. The zero-order valence-corrected chi connectivity index (χ0v) is 8.03. The van der Waals surface area contributed by atoms with Crippen LogP contribution in [0, 0.1) is 11.3 Å². The summed E-state index contributed by atoms with van der Waals surface area (Å²) < 4.78 is 0. The van der Waals surface area contributed by atoms with Crippen molar-refractivity contribution in [2.24, 2.45) is 0 Å². The molecule has 1 aromatic heterocycles. The molecule has 1 N–H and O–H groups in total. The molecule has 1 fully saturated rings. The van der Waals surface area contributed by atoms with Gasteiger partial charge in [-0.1, -0.05) is 6.42 Å². The number of aromatic nitrogens is 1. The van der Waals surface area contributed by atoms with Crippen LogP contribution in [0.2, 0.25) is 0 Å². The summed E-state index contributed by atoms with van der Waals surface area (Å²) in [6.45, 7) is 1.08. The normalized spacial score (nSPS) is 21.5. The molecule has 3 nitrogen and oxygen atoms in total. The van der Waals surface area contributed by atoms with Crippen LogP contribution in [0.5, 0.6) is 0 Å². The maximum Gasteiger partial charge on any atom is 0.101 e. The number of pyridine rings is 1. The average Bonchev–Trinajstić information content (AvgIpc) is 2.30. The van der Waals surface area contributed by atoms with Crippen LogP contribution >= 0.6 is 0 Å². The van der Waals surface area contributed by atoms with E-state index in [9.17, 15) is 0 Å². The first-order valence-corrected chi connectivity index (χ1v) is 4.99. The molecule has 1 saturated heterocycles. The average molecular weight is 187 g/mol. The van der Waals surface area contributed by atoms with E-state index in [2.05, 4.69) is 16.4 Å². The van der Waals surface area contributed by atoms with Gasteiger partial charge in [0.1, 0.15) is 6.07 Å². The first kappa shape index (κ1) is 9.17. The van der Waals surface area contributed by atoms with Crippen LogP contribution in [0.25, 0.3) is 0 Å². The molecular weight excluding hydrogens is 174 g/mol. The quantitative estimate of drug-likeness (QED) is 0.728. The van der Waals surface area contributed by atoms with Crippen molar-refractivity contribution < 1.29 is 0 Å². The van der Waals surface area contributed by atoms with Gasteiger partial charge < -0.3 is 5.32 Å². The standard InChI is InChI=1S/C11H13N3/c12-7-9-4-5-11(14-8-9)10-3-1-2-6-13-10/h4-5,8,10,13H,1-3,6H2/t10-/m1/s1. The lowest BCUT2D eigenvalue weighted by molar-refractivity contribution is 0.405. The summed E-state index contributed by atoms with van der Waals surface area (Å²) in [7, 11) is 0. The molecule has 0 aliphatic carbocycles. The number of nitrogens with one attached hydrogen (secondary N) is 1. The molecule has 0 aromatic carbocycles. The van der Waals surface area contributed by atoms with Crippen molar-refractivity contribution in [3.63, 3.8) is 0 Å². The Labute approximate surface area is 83.8 Å². The van der Waals surface area contributed by atoms with Crippen LogP contribution in [0.15, 0.2) is 18.3 Å². The zero-order chi connectivity index (χ0) is 9.80. The number of hydrogen-bond donors (Lipinski definition) is 1. The third kappa shape index (κ3) is 1.91. The number of nitrogens with zero attached hydrogens (tertiary/aromatic N) is 2. The van der Waals surface area contributed by atoms with Crippen LogP contribution in [-0.2, 0) is 0 Å². The SMILES string of the molecule is N#Cc1ccc([C@H]2CCCCN2)nc1. The third-order valence-corrected chi connectivity index (χ3v) is 2.58. The van der Waals surface area contributed by atoms with Gasteiger partial charge in [0.25, 0.3) is 0 Å². The van der Waals surface area contributed by atoms with Gasteiger partial charge >= 0.3 is 0 Å². The van der Waals surface area contributed by atoms with Crippen LogP contribution in [-0.4, -0.2) is 11.5 Å². The lowest BCUT2D eigenvalue weighted by atomic mass is 10.0. The predicted molar refractivity (Wildman–Crippen MR) is 53.5 cm³/mol. The predicted octanol–water partition coefficient (Wildman–Crippen LogP) is 1.77. The fourth-order valence-corrected chi connectivity index (χ4v) is 1.78. The molecule has 1 aliphatic rings. The van der Waals surface area contributed by atoms with Gasteiger partial charge in [-0.25, -0.2) is 0 Å². The fourth-order valence-electron chi connectivity index (χ4n) is 1.78. The van der Waals surface area contributed by atoms with Gasteiger partial charge in [0.15, 0.2) is 0 Å². The summed E-state index contributed by atoms with van der Waals surface area (Å²) in [6.07, 6.45) is 5.32. The second-order valence-electron chi connectivity index (χ2n) is 3.59. The topological polar surface area (TPSA) is 48.7 Å². The van der Waals surface area contributed by atoms with E-state index in [-0.39, 0.29) is 0 Å². The molecule has 72 valence electrons. The highest BCUT2D eigenvalue weighted by Crippen LogP contribution is 2.20. The Morgan fingerprint density at radius 2 is 2.36 bits per heavy atom. The molecule has 0 radical (unpaired) electrons. The summed E-state index contributed by atoms with van der Waals surface area (Å²) in [5.41, 5.74) is 1.69. The Morgan fingerprint density at radius 1 is 1.43 bits per heavy atom. The monoisotopic (exact) mass is 187 g/mol. The number of piperidine rings is 1. The summed E-state index contributed by atoms with van der Waals surface area (Å²) >= 11 is 0. The van der Waals surface area contributed by atoms with Crippen LogP contribution in [0.3, 0.4) is 0 Å². The maximum atomic E-state index is 8.63. The minimum atomic E-state index is 0.386. The first-order chi connectivity index (χ1) is 6.90. The van der Waals surface area contributed by atoms with Crippen LogP contribution in [0.4, 0.5) is 0 Å². The summed E-state index contributed by atoms with van der Waals surface area (Å²) in [4.78, 5) is 4.29. The van der Waals surface area contributed by atoms with Gasteiger partial charge in [0.05, 0.1) is 11.3 Å². The summed E-state index contributed by atoms with van der Waals surface area (Å²) in [5, 5.41) is 12.1. The smallest absolute Gasteiger partial charge is 0.101 e. The molecule has 1 atom stereocenters. The van der Waals surface area contributed by atoms with Gasteiger partial charge in [-0.2, -0.15) is 5.26 Å². The molecule has 0 bridgehead atoms. The molecule has 0 saturated carbocycles. The zero-order valence-electron chi connectivity index (χ0n) is 8.03. The summed E-state index contributed by atoms with van der Waals surface area (Å²) in [6, 6.07) is 6.24. The molecule has 0 unspecified atom stereocenters. The van der Waals surface area contributed by atoms with Gasteiger partial charge in [0.2, 0.25) is 0 Å². The highest BCUT2D eigenvalue weighted by Gasteiger charge is 2.15. The molecule has 14 heavy (non-hydrogen) atoms. The number of rotatable bonds is 1. The Balaban J connectivity index is 2.12. The van der Waals surface area contributed by atoms with Crippen LogP contribution in [0.1, 0.15) is 36.6 Å². The van der Waals surface area contributed by atoms with E-state index in [1.54, 1.807) is 6.20 Å². The summed E-state index contributed by atoms with van der Waals surface area (Å²) in [5.74, 6) is 0. The molecule has 2 heterocycles. The van der Waals surface area contributed by atoms with Gasteiger partial charge in [-0.15, -0.1) is 0 Å². The molecule has 1 aromatic rings. The molecular formula is C11H13N3. The molecule has 3 heteroatoms. The van der Waals surface area contributed by atoms with Crippen molar-refractivity contribution in [3.05, 3.63) is 29.6 Å². The van der Waals surface area contributed by atoms with Gasteiger partial charge in [0, 0.05) is 12.2 Å². The minimum Gasteiger partial charge on any atom is -0.309 e. The fraction of sp³-hybridized carbons (Fsp3) is 0.455. The number of hydrogen-bond acceptors (Lipinski definition) is 3. The third-order valence-electron chi connectivity index (χ3n) is 2.58. The number of nitriles is 1. The van der Waals surface area contributed by atoms with Crippen molar-refractivity contribution in [3.8, 4) is 6.07 Å². The van der Waals surface area contributed by atoms with Gasteiger partial charge in [-0.3, -0.25) is 4.98 Å².